The fourth-order valence-electron chi connectivity index (χ4n) is 3.50. The third-order valence-electron chi connectivity index (χ3n) is 5.28. The summed E-state index contributed by atoms with van der Waals surface area (Å²) < 4.78 is 8.97. The molecule has 2 amide bonds. The van der Waals surface area contributed by atoms with Crippen molar-refractivity contribution in [2.45, 2.75) is 26.2 Å². The van der Waals surface area contributed by atoms with Gasteiger partial charge in [-0.3, -0.25) is 9.59 Å². The average molecular weight is 439 g/mol. The lowest BCUT2D eigenvalue weighted by Gasteiger charge is -2.15. The van der Waals surface area contributed by atoms with Gasteiger partial charge in [-0.05, 0) is 56.1 Å². The van der Waals surface area contributed by atoms with Crippen LogP contribution in [-0.2, 0) is 0 Å². The standard InChI is InChI=1S/C21H22N6O3S/c1-12-17(20(28)24-15-4-6-16(30-3)7-5-15)10-22-19(23-12)14-8-9-27(11-14)21(29)18-13(2)25-26-31-18/h4-7,10,14H,8-9,11H2,1-3H3,(H,24,28). The van der Waals surface area contributed by atoms with E-state index in [1.54, 1.807) is 56.3 Å². The van der Waals surface area contributed by atoms with Crippen LogP contribution in [0.3, 0.4) is 0 Å². The normalized spacial score (nSPS) is 15.7. The number of methoxy groups -OCH3 is 1. The Morgan fingerprint density at radius 3 is 2.61 bits per heavy atom. The van der Waals surface area contributed by atoms with Gasteiger partial charge in [0.1, 0.15) is 16.5 Å². The summed E-state index contributed by atoms with van der Waals surface area (Å²) in [4.78, 5) is 36.7. The van der Waals surface area contributed by atoms with Gasteiger partial charge in [0.2, 0.25) is 0 Å². The van der Waals surface area contributed by atoms with E-state index in [2.05, 4.69) is 24.9 Å². The summed E-state index contributed by atoms with van der Waals surface area (Å²) in [5.74, 6) is 1.07. The molecule has 160 valence electrons. The molecule has 4 rings (SSSR count). The molecule has 1 fully saturated rings. The van der Waals surface area contributed by atoms with Crippen LogP contribution in [0.1, 0.15) is 49.6 Å². The maximum atomic E-state index is 12.7. The van der Waals surface area contributed by atoms with Gasteiger partial charge in [0.15, 0.2) is 0 Å². The maximum Gasteiger partial charge on any atom is 0.267 e. The van der Waals surface area contributed by atoms with Gasteiger partial charge in [-0.1, -0.05) is 4.49 Å². The summed E-state index contributed by atoms with van der Waals surface area (Å²) in [7, 11) is 1.59. The van der Waals surface area contributed by atoms with Crippen LogP contribution in [0.25, 0.3) is 0 Å². The van der Waals surface area contributed by atoms with Crippen LogP contribution in [0.4, 0.5) is 5.69 Å². The van der Waals surface area contributed by atoms with Gasteiger partial charge < -0.3 is 15.0 Å². The highest BCUT2D eigenvalue weighted by Crippen LogP contribution is 2.27. The first-order chi connectivity index (χ1) is 15.0. The van der Waals surface area contributed by atoms with Gasteiger partial charge in [0.05, 0.1) is 24.1 Å². The number of hydrogen-bond donors (Lipinski definition) is 1. The molecule has 0 spiro atoms. The SMILES string of the molecule is COc1ccc(NC(=O)c2cnc(C3CCN(C(=O)c4snnc4C)C3)nc2C)cc1. The van der Waals surface area contributed by atoms with Crippen molar-refractivity contribution in [2.75, 3.05) is 25.5 Å². The van der Waals surface area contributed by atoms with E-state index in [0.29, 0.717) is 52.2 Å². The molecule has 1 aliphatic rings. The number of benzene rings is 1. The Hall–Kier alpha value is -3.40. The zero-order valence-electron chi connectivity index (χ0n) is 17.5. The van der Waals surface area contributed by atoms with Crippen molar-refractivity contribution in [1.82, 2.24) is 24.5 Å². The Morgan fingerprint density at radius 2 is 1.97 bits per heavy atom. The predicted molar refractivity (Wildman–Crippen MR) is 116 cm³/mol. The number of nitrogens with one attached hydrogen (secondary N) is 1. The molecule has 1 unspecified atom stereocenters. The van der Waals surface area contributed by atoms with E-state index in [-0.39, 0.29) is 17.7 Å². The molecule has 1 saturated heterocycles. The fourth-order valence-corrected chi connectivity index (χ4v) is 4.13. The van der Waals surface area contributed by atoms with E-state index in [1.165, 1.54) is 0 Å². The topological polar surface area (TPSA) is 110 Å². The highest BCUT2D eigenvalue weighted by Gasteiger charge is 2.31. The zero-order chi connectivity index (χ0) is 22.0. The second-order valence-electron chi connectivity index (χ2n) is 7.33. The predicted octanol–water partition coefficient (Wildman–Crippen LogP) is 2.84. The summed E-state index contributed by atoms with van der Waals surface area (Å²) in [6.07, 6.45) is 2.33. The Kier molecular flexibility index (Phi) is 5.90. The number of ether oxygens (including phenoxy) is 1. The van der Waals surface area contributed by atoms with E-state index in [1.807, 2.05) is 0 Å². The number of aromatic nitrogens is 4. The molecule has 10 heteroatoms. The molecule has 3 aromatic rings. The lowest BCUT2D eigenvalue weighted by atomic mass is 10.1. The third kappa shape index (κ3) is 4.38. The van der Waals surface area contributed by atoms with Crippen LogP contribution >= 0.6 is 11.5 Å². The number of rotatable bonds is 5. The molecule has 1 atom stereocenters. The van der Waals surface area contributed by atoms with Gasteiger partial charge in [-0.2, -0.15) is 0 Å². The van der Waals surface area contributed by atoms with Gasteiger partial charge in [-0.25, -0.2) is 9.97 Å². The van der Waals surface area contributed by atoms with E-state index in [9.17, 15) is 9.59 Å². The Labute approximate surface area is 183 Å². The molecule has 0 aliphatic carbocycles. The summed E-state index contributed by atoms with van der Waals surface area (Å²) in [6.45, 7) is 4.74. The van der Waals surface area contributed by atoms with Gasteiger partial charge >= 0.3 is 0 Å². The number of aryl methyl sites for hydroxylation is 2. The maximum absolute atomic E-state index is 12.7. The molecule has 1 aliphatic heterocycles. The van der Waals surface area contributed by atoms with E-state index >= 15 is 0 Å². The fraction of sp³-hybridized carbons (Fsp3) is 0.333. The zero-order valence-corrected chi connectivity index (χ0v) is 18.3. The largest absolute Gasteiger partial charge is 0.497 e. The Bertz CT molecular complexity index is 1110. The van der Waals surface area contributed by atoms with Crippen LogP contribution in [0.15, 0.2) is 30.5 Å². The van der Waals surface area contributed by atoms with Gasteiger partial charge in [0.25, 0.3) is 11.8 Å². The van der Waals surface area contributed by atoms with Crippen molar-refractivity contribution in [2.24, 2.45) is 0 Å². The first kappa shape index (κ1) is 20.9. The number of nitrogens with zero attached hydrogens (tertiary/aromatic N) is 5. The van der Waals surface area contributed by atoms with Crippen molar-refractivity contribution in [3.63, 3.8) is 0 Å². The van der Waals surface area contributed by atoms with E-state index < -0.39 is 0 Å². The second kappa shape index (κ2) is 8.76. The Morgan fingerprint density at radius 1 is 1.19 bits per heavy atom. The first-order valence-electron chi connectivity index (χ1n) is 9.83. The molecular formula is C21H22N6O3S. The lowest BCUT2D eigenvalue weighted by Crippen LogP contribution is -2.28. The second-order valence-corrected chi connectivity index (χ2v) is 8.09. The number of carbonyl (C=O) groups is 2. The minimum atomic E-state index is -0.273. The van der Waals surface area contributed by atoms with Crippen LogP contribution in [0.5, 0.6) is 5.75 Å². The molecule has 31 heavy (non-hydrogen) atoms. The van der Waals surface area contributed by atoms with Crippen molar-refractivity contribution >= 4 is 29.0 Å². The molecule has 0 bridgehead atoms. The van der Waals surface area contributed by atoms with E-state index in [0.717, 1.165) is 18.0 Å². The molecule has 2 aromatic heterocycles. The number of anilines is 1. The van der Waals surface area contributed by atoms with E-state index in [4.69, 9.17) is 4.74 Å². The van der Waals surface area contributed by atoms with Gasteiger partial charge in [0, 0.05) is 30.9 Å². The Balaban J connectivity index is 1.43. The summed E-state index contributed by atoms with van der Waals surface area (Å²) >= 11 is 1.12. The molecular weight excluding hydrogens is 416 g/mol. The summed E-state index contributed by atoms with van der Waals surface area (Å²) in [6, 6.07) is 7.09. The van der Waals surface area contributed by atoms with Gasteiger partial charge in [-0.15, -0.1) is 5.10 Å². The molecule has 1 aromatic carbocycles. The van der Waals surface area contributed by atoms with Crippen molar-refractivity contribution in [3.8, 4) is 5.75 Å². The highest BCUT2D eigenvalue weighted by molar-refractivity contribution is 7.07. The molecule has 1 N–H and O–H groups in total. The minimum absolute atomic E-state index is 0.0301. The molecule has 0 radical (unpaired) electrons. The van der Waals surface area contributed by atoms with Crippen LogP contribution in [0, 0.1) is 13.8 Å². The molecule has 3 heterocycles. The summed E-state index contributed by atoms with van der Waals surface area (Å²) in [5, 5.41) is 6.76. The lowest BCUT2D eigenvalue weighted by molar-refractivity contribution is 0.0794. The quantitative estimate of drug-likeness (QED) is 0.652. The monoisotopic (exact) mass is 438 g/mol. The van der Waals surface area contributed by atoms with Crippen LogP contribution < -0.4 is 10.1 Å². The molecule has 9 nitrogen and oxygen atoms in total. The number of carbonyl (C=O) groups excluding carboxylic acids is 2. The van der Waals surface area contributed by atoms with Crippen molar-refractivity contribution in [3.05, 3.63) is 58.1 Å². The first-order valence-corrected chi connectivity index (χ1v) is 10.6. The van der Waals surface area contributed by atoms with Crippen LogP contribution in [0.2, 0.25) is 0 Å². The number of likely N-dealkylation sites (tertiary alicyclic amines) is 1. The van der Waals surface area contributed by atoms with Crippen LogP contribution in [-0.4, -0.2) is 56.5 Å². The molecule has 0 saturated carbocycles. The summed E-state index contributed by atoms with van der Waals surface area (Å²) in [5.41, 5.74) is 2.32. The minimum Gasteiger partial charge on any atom is -0.497 e. The van der Waals surface area contributed by atoms with Crippen molar-refractivity contribution < 1.29 is 14.3 Å². The van der Waals surface area contributed by atoms with Crippen molar-refractivity contribution in [1.29, 1.82) is 0 Å². The number of hydrogen-bond acceptors (Lipinski definition) is 8. The average Bonchev–Trinajstić information content (AvgIpc) is 3.43. The smallest absolute Gasteiger partial charge is 0.267 e. The highest BCUT2D eigenvalue weighted by atomic mass is 32.1. The number of amides is 2. The third-order valence-corrected chi connectivity index (χ3v) is 6.09.